The molecule has 0 unspecified atom stereocenters. The number of likely N-dealkylation sites (N-methyl/N-ethyl adjacent to an activating group) is 1. The monoisotopic (exact) mass is 984 g/mol. The highest BCUT2D eigenvalue weighted by atomic mass is 32.1. The van der Waals surface area contributed by atoms with Crippen molar-refractivity contribution in [2.75, 3.05) is 26.7 Å². The number of carbonyl (C=O) groups excluding carboxylic acids is 5. The largest absolute Gasteiger partial charge is 0.508 e. The minimum atomic E-state index is -1.19. The van der Waals surface area contributed by atoms with Crippen molar-refractivity contribution in [3.05, 3.63) is 78.9 Å². The highest BCUT2D eigenvalue weighted by molar-refractivity contribution is 7.59. The Morgan fingerprint density at radius 1 is 1.02 bits per heavy atom. The molecule has 0 aliphatic carbocycles. The molecule has 5 heterocycles. The van der Waals surface area contributed by atoms with Gasteiger partial charge < -0.3 is 24.6 Å². The summed E-state index contributed by atoms with van der Waals surface area (Å²) in [5, 5.41) is 17.6. The Kier molecular flexibility index (Phi) is 19.7. The second kappa shape index (κ2) is 23.3. The summed E-state index contributed by atoms with van der Waals surface area (Å²) >= 11 is 0. The average molecular weight is 985 g/mol. The minimum absolute atomic E-state index is 0. The third kappa shape index (κ3) is 11.9. The standard InChI is InChI=1S/C46H56N8O8.4H2S/c1-8-39(56)54-16-14-38(62-54)44(59)51(7)40(27(3)4)42(57)49-36-19-28-17-30(20-32(55)18-28)29-12-13-37-33(21-29)34(41(52(37)9-2)31-23-47-26-48-24-31)22-46(5,6)25-61-45(60)35-11-10-15-53(50-35)43(36)58;;;;/h8,12-13,17-18,20-21,23-24,26-27,35-36,38,40,50,55H,1,9-11,14-16,19,22,25H2,2-7H3,(H,49,57);4*1H2/t35-,36-,38-,40-;;;;/m0..../s1. The van der Waals surface area contributed by atoms with E-state index in [9.17, 15) is 29.1 Å². The van der Waals surface area contributed by atoms with Gasteiger partial charge in [0.1, 0.15) is 30.2 Å². The molecule has 7 rings (SSSR count). The number of aryl methyl sites for hydroxylation is 1. The number of phenolic OH excluding ortho intramolecular Hbond substituents is 1. The Bertz CT molecular complexity index is 2400. The number of aromatic nitrogens is 3. The van der Waals surface area contributed by atoms with Crippen LogP contribution >= 0.6 is 54.0 Å². The maximum atomic E-state index is 14.6. The number of hydrazine groups is 1. The van der Waals surface area contributed by atoms with Crippen LogP contribution in [0.1, 0.15) is 65.0 Å². The quantitative estimate of drug-likeness (QED) is 0.163. The SMILES string of the molecule is C=CC(=O)N1CC[C@@H](C(=O)N(C)[C@H](C(=O)N[C@H]2Cc3cc(O)cc(c3)-c3ccc4c(c3)c(c(-c3cncnc3)n4CC)CC(C)(C)COC(=O)[C@@H]3CCCN(N3)C2=O)C(C)C)O1.S.S.S.S. The maximum Gasteiger partial charge on any atom is 0.324 e. The van der Waals surface area contributed by atoms with Crippen LogP contribution < -0.4 is 10.7 Å². The van der Waals surface area contributed by atoms with Crippen LogP contribution in [-0.4, -0.2) is 115 Å². The molecule has 2 aromatic heterocycles. The second-order valence-electron chi connectivity index (χ2n) is 17.5. The van der Waals surface area contributed by atoms with Gasteiger partial charge in [0, 0.05) is 67.3 Å². The van der Waals surface area contributed by atoms with E-state index in [0.717, 1.165) is 44.4 Å². The molecule has 20 heteroatoms. The van der Waals surface area contributed by atoms with Gasteiger partial charge in [-0.2, -0.15) is 54.0 Å². The zero-order chi connectivity index (χ0) is 44.5. The number of fused-ring (bicyclic) bond motifs is 6. The van der Waals surface area contributed by atoms with Gasteiger partial charge >= 0.3 is 5.97 Å². The van der Waals surface area contributed by atoms with E-state index in [0.29, 0.717) is 36.9 Å². The molecule has 0 saturated carbocycles. The maximum absolute atomic E-state index is 14.6. The predicted molar refractivity (Wildman–Crippen MR) is 272 cm³/mol. The minimum Gasteiger partial charge on any atom is -0.508 e. The summed E-state index contributed by atoms with van der Waals surface area (Å²) < 4.78 is 8.26. The van der Waals surface area contributed by atoms with Gasteiger partial charge in [-0.3, -0.25) is 33.8 Å². The lowest BCUT2D eigenvalue weighted by molar-refractivity contribution is -0.183. The molecule has 4 atom stereocenters. The molecule has 3 N–H and O–H groups in total. The number of rotatable bonds is 8. The highest BCUT2D eigenvalue weighted by Crippen LogP contribution is 2.40. The van der Waals surface area contributed by atoms with E-state index in [2.05, 4.69) is 64.8 Å². The van der Waals surface area contributed by atoms with Crippen LogP contribution in [0.4, 0.5) is 0 Å². The van der Waals surface area contributed by atoms with Crippen LogP contribution in [0, 0.1) is 11.3 Å². The van der Waals surface area contributed by atoms with Crippen LogP contribution in [0.3, 0.4) is 0 Å². The van der Waals surface area contributed by atoms with E-state index in [-0.39, 0.29) is 92.3 Å². The third-order valence-corrected chi connectivity index (χ3v) is 11.9. The highest BCUT2D eigenvalue weighted by Gasteiger charge is 2.41. The lowest BCUT2D eigenvalue weighted by atomic mass is 9.84. The van der Waals surface area contributed by atoms with Crippen LogP contribution in [0.2, 0.25) is 0 Å². The summed E-state index contributed by atoms with van der Waals surface area (Å²) in [6.45, 7) is 14.5. The topological polar surface area (TPSA) is 189 Å². The number of hydrogen-bond acceptors (Lipinski definition) is 11. The van der Waals surface area contributed by atoms with Crippen LogP contribution in [0.15, 0.2) is 67.8 Å². The van der Waals surface area contributed by atoms with Gasteiger partial charge in [-0.25, -0.2) is 20.5 Å². The van der Waals surface area contributed by atoms with E-state index in [1.165, 1.54) is 23.3 Å². The predicted octanol–water partition coefficient (Wildman–Crippen LogP) is 4.79. The van der Waals surface area contributed by atoms with Crippen molar-refractivity contribution >= 4 is 94.5 Å². The van der Waals surface area contributed by atoms with Crippen molar-refractivity contribution in [1.29, 1.82) is 0 Å². The molecule has 0 spiro atoms. The molecule has 2 aromatic carbocycles. The summed E-state index contributed by atoms with van der Waals surface area (Å²) in [5.41, 5.74) is 8.52. The van der Waals surface area contributed by atoms with E-state index in [1.807, 2.05) is 12.1 Å². The summed E-state index contributed by atoms with van der Waals surface area (Å²) in [7, 11) is 1.50. The van der Waals surface area contributed by atoms with E-state index < -0.39 is 65.2 Å². The molecule has 16 nitrogen and oxygen atoms in total. The zero-order valence-corrected chi connectivity index (χ0v) is 42.2. The molecule has 4 amide bonds. The van der Waals surface area contributed by atoms with Crippen molar-refractivity contribution in [3.63, 3.8) is 0 Å². The first kappa shape index (κ1) is 55.6. The Hall–Kier alpha value is -4.73. The smallest absolute Gasteiger partial charge is 0.324 e. The molecule has 3 aliphatic rings. The molecule has 360 valence electrons. The molecule has 2 saturated heterocycles. The third-order valence-electron chi connectivity index (χ3n) is 11.9. The molecule has 0 radical (unpaired) electrons. The lowest BCUT2D eigenvalue weighted by Crippen LogP contribution is -2.62. The Balaban J connectivity index is 0.00000289. The van der Waals surface area contributed by atoms with Gasteiger partial charge in [0.05, 0.1) is 18.8 Å². The summed E-state index contributed by atoms with van der Waals surface area (Å²) in [6, 6.07) is 8.25. The normalized spacial score (nSPS) is 19.7. The van der Waals surface area contributed by atoms with E-state index in [4.69, 9.17) is 9.57 Å². The van der Waals surface area contributed by atoms with Gasteiger partial charge in [0.25, 0.3) is 17.7 Å². The second-order valence-corrected chi connectivity index (χ2v) is 17.5. The molecule has 6 bridgehead atoms. The van der Waals surface area contributed by atoms with Crippen molar-refractivity contribution in [3.8, 4) is 28.1 Å². The van der Waals surface area contributed by atoms with Gasteiger partial charge in [-0.1, -0.05) is 46.4 Å². The van der Waals surface area contributed by atoms with E-state index >= 15 is 0 Å². The number of benzene rings is 2. The van der Waals surface area contributed by atoms with Gasteiger partial charge in [-0.15, -0.1) is 0 Å². The van der Waals surface area contributed by atoms with Gasteiger partial charge in [0.2, 0.25) is 5.91 Å². The summed E-state index contributed by atoms with van der Waals surface area (Å²) in [4.78, 5) is 84.2. The van der Waals surface area contributed by atoms with E-state index in [1.54, 1.807) is 38.4 Å². The number of esters is 1. The van der Waals surface area contributed by atoms with Crippen LogP contribution in [-0.2, 0) is 52.9 Å². The van der Waals surface area contributed by atoms with Crippen molar-refractivity contribution < 1.29 is 38.7 Å². The molecule has 3 aliphatic heterocycles. The number of ether oxygens (including phenoxy) is 1. The molecule has 66 heavy (non-hydrogen) atoms. The summed E-state index contributed by atoms with van der Waals surface area (Å²) in [6.07, 6.45) is 6.89. The Morgan fingerprint density at radius 2 is 1.73 bits per heavy atom. The number of nitrogens with zero attached hydrogens (tertiary/aromatic N) is 6. The molecule has 4 aromatic rings. The number of amides is 4. The van der Waals surface area contributed by atoms with Gasteiger partial charge in [0.15, 0.2) is 6.10 Å². The first-order valence-corrected chi connectivity index (χ1v) is 21.2. The first-order chi connectivity index (χ1) is 29.6. The number of hydrogen-bond donors (Lipinski definition) is 3. The molecular formula is C46H64N8O8S4. The van der Waals surface area contributed by atoms with Gasteiger partial charge in [-0.05, 0) is 84.7 Å². The van der Waals surface area contributed by atoms with Crippen molar-refractivity contribution in [1.82, 2.24) is 40.2 Å². The van der Waals surface area contributed by atoms with Crippen molar-refractivity contribution in [2.45, 2.75) is 97.5 Å². The fourth-order valence-electron chi connectivity index (χ4n) is 8.93. The number of carbonyl (C=O) groups is 5. The fraction of sp³-hybridized carbons (Fsp3) is 0.457. The Morgan fingerprint density at radius 3 is 2.39 bits per heavy atom. The van der Waals surface area contributed by atoms with Crippen LogP contribution in [0.25, 0.3) is 33.3 Å². The molecular weight excluding hydrogens is 921 g/mol. The number of phenols is 1. The lowest BCUT2D eigenvalue weighted by Gasteiger charge is -2.37. The number of nitrogens with one attached hydrogen (secondary N) is 2. The number of aromatic hydroxyl groups is 1. The first-order valence-electron chi connectivity index (χ1n) is 21.2. The Labute approximate surface area is 414 Å². The summed E-state index contributed by atoms with van der Waals surface area (Å²) in [5.74, 6) is -2.96. The molecule has 2 fully saturated rings. The fourth-order valence-corrected chi connectivity index (χ4v) is 8.93. The van der Waals surface area contributed by atoms with Crippen LogP contribution in [0.5, 0.6) is 5.75 Å². The van der Waals surface area contributed by atoms with Crippen molar-refractivity contribution in [2.24, 2.45) is 11.3 Å². The average Bonchev–Trinajstić information content (AvgIpc) is 3.87. The number of hydroxylamine groups is 2. The number of cyclic esters (lactones) is 1. The zero-order valence-electron chi connectivity index (χ0n) is 38.2.